The van der Waals surface area contributed by atoms with Gasteiger partial charge in [-0.25, -0.2) is 13.2 Å². The molecule has 1 aliphatic heterocycles. The van der Waals surface area contributed by atoms with Crippen molar-refractivity contribution in [2.45, 2.75) is 86.5 Å². The molecule has 6 heterocycles. The Morgan fingerprint density at radius 3 is 1.74 bits per heavy atom. The lowest BCUT2D eigenvalue weighted by atomic mass is 10.2. The smallest absolute Gasteiger partial charge is 0.370 e. The van der Waals surface area contributed by atoms with E-state index < -0.39 is 31.4 Å². The number of fused-ring (bicyclic) bond motifs is 1. The second kappa shape index (κ2) is 36.7. The third-order valence-corrected chi connectivity index (χ3v) is 9.52. The lowest BCUT2D eigenvalue weighted by molar-refractivity contribution is -0.710. The van der Waals surface area contributed by atoms with E-state index in [0.717, 1.165) is 43.3 Å². The molecule has 0 unspecified atom stereocenters. The first kappa shape index (κ1) is 66.8. The number of carbonyl (C=O) groups excluding carboxylic acids is 2. The fourth-order valence-electron chi connectivity index (χ4n) is 5.54. The number of nitrogens with one attached hydrogen (secondary N) is 1. The summed E-state index contributed by atoms with van der Waals surface area (Å²) in [7, 11) is -7.30. The lowest BCUT2D eigenvalue weighted by Crippen LogP contribution is -2.40. The lowest BCUT2D eigenvalue weighted by Gasteiger charge is -2.11. The number of esters is 2. The molecular weight excluding hydrogens is 1010 g/mol. The van der Waals surface area contributed by atoms with Crippen molar-refractivity contribution in [2.75, 3.05) is 45.5 Å². The molecule has 6 rings (SSSR count). The monoisotopic (exact) mass is 1080 g/mol. The highest BCUT2D eigenvalue weighted by molar-refractivity contribution is 7.86. The number of carbonyl (C=O) groups is 2. The number of aromatic nitrogens is 5. The minimum atomic E-state index is -3.92. The van der Waals surface area contributed by atoms with Gasteiger partial charge in [-0.3, -0.25) is 28.2 Å². The van der Waals surface area contributed by atoms with Crippen LogP contribution in [-0.4, -0.2) is 113 Å². The maximum Gasteiger partial charge on any atom is 0.370 e. The van der Waals surface area contributed by atoms with Crippen LogP contribution in [0.4, 0.5) is 0 Å². The largest absolute Gasteiger partial charge is 0.748 e. The molecule has 4 N–H and O–H groups in total. The van der Waals surface area contributed by atoms with Gasteiger partial charge in [0.25, 0.3) is 32.4 Å². The summed E-state index contributed by atoms with van der Waals surface area (Å²) in [5.74, 6) is -0.233. The van der Waals surface area contributed by atoms with Crippen molar-refractivity contribution < 1.29 is 69.3 Å². The Morgan fingerprint density at radius 1 is 0.770 bits per heavy atom. The molecule has 1 aliphatic rings. The van der Waals surface area contributed by atoms with E-state index in [2.05, 4.69) is 50.3 Å². The highest BCUT2D eigenvalue weighted by Crippen LogP contribution is 2.13. The number of hydrogen-bond acceptors (Lipinski definition) is 18. The molecule has 0 radical (unpaired) electrons. The van der Waals surface area contributed by atoms with Gasteiger partial charge in [-0.15, -0.1) is 0 Å². The molecule has 0 spiro atoms. The molecule has 0 bridgehead atoms. The average molecular weight is 1080 g/mol. The molecule has 0 saturated heterocycles. The Balaban J connectivity index is 0.000000863. The second-order valence-corrected chi connectivity index (χ2v) is 18.3. The maximum absolute atomic E-state index is 11.6. The number of pyridine rings is 5. The first-order valence-electron chi connectivity index (χ1n) is 22.8. The first-order valence-corrected chi connectivity index (χ1v) is 26.4. The van der Waals surface area contributed by atoms with Crippen LogP contribution < -0.4 is 31.5 Å². The molecule has 25 heteroatoms. The van der Waals surface area contributed by atoms with Gasteiger partial charge in [0, 0.05) is 87.0 Å². The van der Waals surface area contributed by atoms with E-state index in [9.17, 15) is 37.2 Å². The van der Waals surface area contributed by atoms with Gasteiger partial charge in [0.05, 0.1) is 48.2 Å². The van der Waals surface area contributed by atoms with Crippen molar-refractivity contribution in [1.29, 1.82) is 0 Å². The summed E-state index contributed by atoms with van der Waals surface area (Å²) in [5, 5.41) is 26.3. The summed E-state index contributed by atoms with van der Waals surface area (Å²) in [6, 6.07) is 17.0. The van der Waals surface area contributed by atoms with Gasteiger partial charge in [-0.2, -0.15) is 13.0 Å². The predicted molar refractivity (Wildman–Crippen MR) is 274 cm³/mol. The normalized spacial score (nSPS) is 10.9. The molecule has 74 heavy (non-hydrogen) atoms. The van der Waals surface area contributed by atoms with E-state index in [-0.39, 0.29) is 60.7 Å². The SMILES string of the molecule is C=CC(=O)OCC.CCOC(=O)CCn1cccc(O)c1=O.CS(=O)(=O)[O-].Cc1ccc[n+]2c1OCCC2.Cc1cccn(CCCO)c1=O.Cc1cccn(CCCOS(C)(=O)=O)c1=O.O=c1[nH]cccc1O. The van der Waals surface area contributed by atoms with Gasteiger partial charge >= 0.3 is 17.8 Å². The van der Waals surface area contributed by atoms with Crippen molar-refractivity contribution >= 4 is 32.2 Å². The highest BCUT2D eigenvalue weighted by atomic mass is 32.2. The number of aliphatic hydroxyl groups is 1. The van der Waals surface area contributed by atoms with Crippen LogP contribution in [0.5, 0.6) is 17.4 Å². The van der Waals surface area contributed by atoms with Gasteiger partial charge in [-0.1, -0.05) is 18.7 Å². The van der Waals surface area contributed by atoms with Gasteiger partial charge in [0.2, 0.25) is 0 Å². The van der Waals surface area contributed by atoms with Crippen LogP contribution in [0.2, 0.25) is 0 Å². The van der Waals surface area contributed by atoms with Crippen LogP contribution in [0.1, 0.15) is 56.2 Å². The quantitative estimate of drug-likeness (QED) is 0.0310. The molecule has 5 aromatic heterocycles. The molecule has 0 fully saturated rings. The third-order valence-electron chi connectivity index (χ3n) is 8.92. The van der Waals surface area contributed by atoms with Crippen LogP contribution in [-0.2, 0) is 69.7 Å². The fourth-order valence-corrected chi connectivity index (χ4v) is 5.96. The number of nitrogens with zero attached hydrogens (tertiary/aromatic N) is 4. The number of H-pyrrole nitrogens is 1. The number of aromatic amines is 1. The summed E-state index contributed by atoms with van der Waals surface area (Å²) in [6.45, 7) is 16.5. The number of rotatable bonds is 14. The first-order chi connectivity index (χ1) is 34.8. The topological polar surface area (TPSA) is 326 Å². The second-order valence-electron chi connectivity index (χ2n) is 15.2. The molecule has 5 aromatic rings. The van der Waals surface area contributed by atoms with Gasteiger partial charge in [-0.05, 0) is 89.9 Å². The average Bonchev–Trinajstić information content (AvgIpc) is 3.34. The number of hydrogen-bond donors (Lipinski definition) is 4. The zero-order chi connectivity index (χ0) is 56.3. The standard InChI is InChI=1S/C10H15NO4S.C10H13NO4.C9H13NO2.C9H12NO.C5H5NO2.C5H8O2.CH4O3S/c1-9-5-3-6-11(10(9)12)7-4-8-15-16(2,13)14;1-2-15-9(13)5-7-11-6-3-4-8(12)10(11)14;1-8-4-2-5-10(9(8)12)6-3-7-11;1-8-4-2-5-10-6-3-7-11-9(8)10;7-4-2-1-3-6-5(4)8;1-3-5(6)7-4-2;1-5(2,3)4/h3,5-6H,4,7-8H2,1-2H3;3-4,6,12H,2,5,7H2,1H3;2,4-5,11H,3,6-7H2,1H3;2,4-5H,3,6-7H2,1H3;1-3,7H,(H,6,8);3H,1,4H2,2H3;1H3,(H,2,3,4)/q;;;+1;;;/p-1. The summed E-state index contributed by atoms with van der Waals surface area (Å²) < 4.78 is 74.4. The van der Waals surface area contributed by atoms with E-state index in [1.54, 1.807) is 79.6 Å². The van der Waals surface area contributed by atoms with Crippen LogP contribution >= 0.6 is 0 Å². The highest BCUT2D eigenvalue weighted by Gasteiger charge is 2.18. The van der Waals surface area contributed by atoms with Crippen molar-refractivity contribution in [1.82, 2.24) is 18.7 Å². The van der Waals surface area contributed by atoms with Crippen molar-refractivity contribution in [2.24, 2.45) is 0 Å². The van der Waals surface area contributed by atoms with Crippen molar-refractivity contribution in [3.63, 3.8) is 0 Å². The zero-order valence-corrected chi connectivity index (χ0v) is 44.3. The number of aromatic hydroxyl groups is 2. The molecule has 0 atom stereocenters. The molecule has 0 saturated carbocycles. The van der Waals surface area contributed by atoms with Crippen molar-refractivity contribution in [3.05, 3.63) is 162 Å². The van der Waals surface area contributed by atoms with E-state index in [0.29, 0.717) is 51.0 Å². The zero-order valence-electron chi connectivity index (χ0n) is 42.7. The summed E-state index contributed by atoms with van der Waals surface area (Å²) in [6.07, 6.45) is 13.6. The maximum atomic E-state index is 11.6. The predicted octanol–water partition coefficient (Wildman–Crippen LogP) is 2.61. The van der Waals surface area contributed by atoms with Crippen LogP contribution in [0.15, 0.2) is 123 Å². The third kappa shape index (κ3) is 31.3. The molecule has 0 aromatic carbocycles. The molecule has 0 amide bonds. The number of ether oxygens (including phenoxy) is 3. The number of aryl methyl sites for hydroxylation is 7. The Labute approximate surface area is 430 Å². The van der Waals surface area contributed by atoms with Crippen molar-refractivity contribution in [3.8, 4) is 17.4 Å². The molecule has 410 valence electrons. The Hall–Kier alpha value is -7.19. The summed E-state index contributed by atoms with van der Waals surface area (Å²) in [5.41, 5.74) is 1.68. The fraction of sp³-hybridized carbons (Fsp3) is 0.408. The Bertz CT molecular complexity index is 2940. The van der Waals surface area contributed by atoms with Gasteiger partial charge in [0.15, 0.2) is 24.2 Å². The van der Waals surface area contributed by atoms with Gasteiger partial charge < -0.3 is 52.8 Å². The van der Waals surface area contributed by atoms with E-state index >= 15 is 0 Å². The molecule has 0 aliphatic carbocycles. The number of aliphatic hydroxyl groups excluding tert-OH is 1. The van der Waals surface area contributed by atoms with Gasteiger partial charge in [0.1, 0.15) is 6.61 Å². The summed E-state index contributed by atoms with van der Waals surface area (Å²) in [4.78, 5) is 67.9. The minimum Gasteiger partial charge on any atom is -0.748 e. The van der Waals surface area contributed by atoms with E-state index in [4.69, 9.17) is 37.8 Å². The molecular formula is C49H69N5O18S2. The van der Waals surface area contributed by atoms with Crippen LogP contribution in [0.25, 0.3) is 0 Å². The minimum absolute atomic E-state index is 0.0333. The molecule has 23 nitrogen and oxygen atoms in total. The van der Waals surface area contributed by atoms with Crippen LogP contribution in [0, 0.1) is 20.8 Å². The van der Waals surface area contributed by atoms with E-state index in [1.807, 2.05) is 6.07 Å². The summed E-state index contributed by atoms with van der Waals surface area (Å²) >= 11 is 0. The van der Waals surface area contributed by atoms with Crippen LogP contribution in [0.3, 0.4) is 0 Å². The Kier molecular flexibility index (Phi) is 33.1. The Morgan fingerprint density at radius 2 is 1.28 bits per heavy atom. The van der Waals surface area contributed by atoms with E-state index in [1.165, 1.54) is 34.7 Å².